The molecule has 6 nitrogen and oxygen atoms in total. The topological polar surface area (TPSA) is 95.6 Å². The van der Waals surface area contributed by atoms with Crippen LogP contribution >= 0.6 is 0 Å². The van der Waals surface area contributed by atoms with Gasteiger partial charge < -0.3 is 0 Å². The van der Waals surface area contributed by atoms with Crippen LogP contribution in [-0.2, 0) is 0 Å². The zero-order valence-electron chi connectivity index (χ0n) is 8.60. The maximum atomic E-state index is 10.8. The fraction of sp³-hybridized carbons (Fsp3) is 0.0909. The number of nitro groups is 1. The number of rotatable bonds is 1. The average molecular weight is 226 g/mol. The minimum Gasteiger partial charge on any atom is -0.268 e. The van der Waals surface area contributed by atoms with E-state index in [2.05, 4.69) is 22.0 Å². The number of non-ortho nitro benzene ring substituents is 1. The predicted molar refractivity (Wildman–Crippen MR) is 59.9 cm³/mol. The number of aromatic amines is 1. The Hall–Kier alpha value is -2.86. The number of nitriles is 1. The third-order valence-electron chi connectivity index (χ3n) is 2.14. The van der Waals surface area contributed by atoms with Gasteiger partial charge in [0.1, 0.15) is 5.69 Å². The highest BCUT2D eigenvalue weighted by Crippen LogP contribution is 2.24. The Balaban J connectivity index is 2.57. The van der Waals surface area contributed by atoms with Crippen molar-refractivity contribution < 1.29 is 4.92 Å². The molecule has 1 heterocycles. The molecule has 0 aliphatic rings. The van der Waals surface area contributed by atoms with E-state index >= 15 is 0 Å². The number of fused-ring (bicyclic) bond motifs is 1. The lowest BCUT2D eigenvalue weighted by molar-refractivity contribution is -0.383. The molecule has 2 rings (SSSR count). The van der Waals surface area contributed by atoms with Crippen molar-refractivity contribution in [1.82, 2.24) is 10.2 Å². The van der Waals surface area contributed by atoms with Gasteiger partial charge in [-0.15, -0.1) is 0 Å². The smallest absolute Gasteiger partial charge is 0.268 e. The molecule has 0 atom stereocenters. The van der Waals surface area contributed by atoms with Crippen LogP contribution in [0.5, 0.6) is 0 Å². The molecule has 1 aromatic heterocycles. The van der Waals surface area contributed by atoms with Crippen LogP contribution < -0.4 is 0 Å². The standard InChI is InChI=1S/C11H6N4O2/c12-7-2-1-5-9-8-4-3-6-10(15(16)17)11(8)14-13-9/h3-4,6H,2H2,(H,13,14). The second-order valence-corrected chi connectivity index (χ2v) is 3.17. The molecule has 1 aromatic carbocycles. The normalized spacial score (nSPS) is 9.35. The van der Waals surface area contributed by atoms with E-state index in [1.165, 1.54) is 6.07 Å². The first-order valence-corrected chi connectivity index (χ1v) is 4.71. The first-order valence-electron chi connectivity index (χ1n) is 4.71. The van der Waals surface area contributed by atoms with Crippen LogP contribution in [0.1, 0.15) is 12.1 Å². The van der Waals surface area contributed by atoms with Crippen molar-refractivity contribution in [1.29, 1.82) is 5.26 Å². The van der Waals surface area contributed by atoms with Crippen molar-refractivity contribution in [3.05, 3.63) is 34.0 Å². The monoisotopic (exact) mass is 226 g/mol. The van der Waals surface area contributed by atoms with E-state index in [0.29, 0.717) is 11.1 Å². The Morgan fingerprint density at radius 1 is 1.53 bits per heavy atom. The Morgan fingerprint density at radius 3 is 3.06 bits per heavy atom. The van der Waals surface area contributed by atoms with Crippen molar-refractivity contribution in [2.75, 3.05) is 0 Å². The summed E-state index contributed by atoms with van der Waals surface area (Å²) >= 11 is 0. The maximum absolute atomic E-state index is 10.8. The van der Waals surface area contributed by atoms with Gasteiger partial charge in [-0.1, -0.05) is 12.0 Å². The van der Waals surface area contributed by atoms with E-state index in [0.717, 1.165) is 0 Å². The molecule has 0 spiro atoms. The summed E-state index contributed by atoms with van der Waals surface area (Å²) in [6.07, 6.45) is 0.107. The van der Waals surface area contributed by atoms with Crippen LogP contribution in [0.3, 0.4) is 0 Å². The van der Waals surface area contributed by atoms with Gasteiger partial charge in [-0.2, -0.15) is 10.4 Å². The number of aromatic nitrogens is 2. The summed E-state index contributed by atoms with van der Waals surface area (Å²) in [5.41, 5.74) is 0.699. The van der Waals surface area contributed by atoms with E-state index in [9.17, 15) is 10.1 Å². The molecule has 0 radical (unpaired) electrons. The minimum atomic E-state index is -0.490. The summed E-state index contributed by atoms with van der Waals surface area (Å²) in [5, 5.41) is 26.2. The van der Waals surface area contributed by atoms with Gasteiger partial charge in [-0.05, 0) is 12.0 Å². The summed E-state index contributed by atoms with van der Waals surface area (Å²) in [6.45, 7) is 0. The highest BCUT2D eigenvalue weighted by molar-refractivity contribution is 5.90. The van der Waals surface area contributed by atoms with E-state index in [1.807, 2.05) is 6.07 Å². The number of nitro benzene ring substituents is 1. The molecule has 0 aliphatic carbocycles. The minimum absolute atomic E-state index is 0.0629. The van der Waals surface area contributed by atoms with Gasteiger partial charge in [0.25, 0.3) is 5.69 Å². The third-order valence-corrected chi connectivity index (χ3v) is 2.14. The van der Waals surface area contributed by atoms with Crippen LogP contribution in [0.25, 0.3) is 10.9 Å². The molecule has 6 heteroatoms. The van der Waals surface area contributed by atoms with Gasteiger partial charge in [0.2, 0.25) is 0 Å². The number of hydrogen-bond donors (Lipinski definition) is 1. The second kappa shape index (κ2) is 4.33. The first-order chi connectivity index (χ1) is 8.24. The summed E-state index contributed by atoms with van der Waals surface area (Å²) in [6, 6.07) is 6.55. The summed E-state index contributed by atoms with van der Waals surface area (Å²) in [5.74, 6) is 5.35. The fourth-order valence-corrected chi connectivity index (χ4v) is 1.44. The molecule has 1 N–H and O–H groups in total. The van der Waals surface area contributed by atoms with Crippen LogP contribution in [-0.4, -0.2) is 15.1 Å². The number of hydrogen-bond acceptors (Lipinski definition) is 4. The van der Waals surface area contributed by atoms with Gasteiger partial charge in [0.15, 0.2) is 5.52 Å². The Morgan fingerprint density at radius 2 is 2.35 bits per heavy atom. The lowest BCUT2D eigenvalue weighted by Crippen LogP contribution is -1.88. The zero-order valence-corrected chi connectivity index (χ0v) is 8.60. The molecule has 0 saturated carbocycles. The molecule has 0 fully saturated rings. The van der Waals surface area contributed by atoms with Gasteiger partial charge in [-0.3, -0.25) is 15.2 Å². The van der Waals surface area contributed by atoms with Crippen LogP contribution in [0.15, 0.2) is 18.2 Å². The maximum Gasteiger partial charge on any atom is 0.297 e. The molecule has 0 amide bonds. The molecule has 82 valence electrons. The lowest BCUT2D eigenvalue weighted by Gasteiger charge is -1.91. The molecule has 0 aliphatic heterocycles. The van der Waals surface area contributed by atoms with Crippen LogP contribution in [0, 0.1) is 33.3 Å². The Labute approximate surface area is 96.0 Å². The predicted octanol–water partition coefficient (Wildman–Crippen LogP) is 1.74. The van der Waals surface area contributed by atoms with E-state index < -0.39 is 4.92 Å². The average Bonchev–Trinajstić information content (AvgIpc) is 2.72. The number of nitrogens with zero attached hydrogens (tertiary/aromatic N) is 3. The summed E-state index contributed by atoms with van der Waals surface area (Å²) in [4.78, 5) is 10.3. The van der Waals surface area contributed by atoms with Crippen molar-refractivity contribution in [2.24, 2.45) is 0 Å². The molecular weight excluding hydrogens is 220 g/mol. The molecule has 0 bridgehead atoms. The fourth-order valence-electron chi connectivity index (χ4n) is 1.44. The van der Waals surface area contributed by atoms with Gasteiger partial charge in [0, 0.05) is 11.5 Å². The lowest BCUT2D eigenvalue weighted by atomic mass is 10.2. The third kappa shape index (κ3) is 1.92. The highest BCUT2D eigenvalue weighted by Gasteiger charge is 2.15. The number of para-hydroxylation sites is 1. The summed E-state index contributed by atoms with van der Waals surface area (Å²) in [7, 11) is 0. The van der Waals surface area contributed by atoms with Crippen molar-refractivity contribution in [3.8, 4) is 17.9 Å². The van der Waals surface area contributed by atoms with Gasteiger partial charge in [-0.25, -0.2) is 0 Å². The SMILES string of the molecule is N#CCC#Cc1[nH]nc2c([N+](=O)[O-])cccc12. The first kappa shape index (κ1) is 10.7. The van der Waals surface area contributed by atoms with Crippen molar-refractivity contribution in [3.63, 3.8) is 0 Å². The Bertz CT molecular complexity index is 685. The number of H-pyrrole nitrogens is 1. The zero-order chi connectivity index (χ0) is 12.3. The number of benzene rings is 1. The van der Waals surface area contributed by atoms with Crippen molar-refractivity contribution in [2.45, 2.75) is 6.42 Å². The molecule has 0 saturated heterocycles. The van der Waals surface area contributed by atoms with E-state index in [1.54, 1.807) is 12.1 Å². The van der Waals surface area contributed by atoms with E-state index in [-0.39, 0.29) is 17.6 Å². The van der Waals surface area contributed by atoms with E-state index in [4.69, 9.17) is 5.26 Å². The van der Waals surface area contributed by atoms with Crippen LogP contribution in [0.2, 0.25) is 0 Å². The molecule has 2 aromatic rings. The number of nitrogens with one attached hydrogen (secondary N) is 1. The van der Waals surface area contributed by atoms with Crippen molar-refractivity contribution >= 4 is 16.6 Å². The quantitative estimate of drug-likeness (QED) is 0.455. The second-order valence-electron chi connectivity index (χ2n) is 3.17. The molecule has 17 heavy (non-hydrogen) atoms. The van der Waals surface area contributed by atoms with Gasteiger partial charge >= 0.3 is 0 Å². The summed E-state index contributed by atoms with van der Waals surface area (Å²) < 4.78 is 0. The highest BCUT2D eigenvalue weighted by atomic mass is 16.6. The molecule has 0 unspecified atom stereocenters. The van der Waals surface area contributed by atoms with Crippen LogP contribution in [0.4, 0.5) is 5.69 Å². The largest absolute Gasteiger partial charge is 0.297 e. The van der Waals surface area contributed by atoms with Gasteiger partial charge in [0.05, 0.1) is 17.4 Å². The molecular formula is C11H6N4O2. The Kier molecular flexibility index (Phi) is 2.71.